The molecule has 1 amide bonds. The number of likely N-dealkylation sites (tertiary alicyclic amines) is 1. The standard InChI is InChI=1S/C16H18FNO3/c17-14-4-2-1-3-11(14)7-15(19)18-8-12(10-5-6-10)13(9-18)16(20)21/h1-4,10,12-13H,5-9H2,(H,20,21)/t12-,13+/m0/s1. The Bertz CT molecular complexity index is 570. The van der Waals surface area contributed by atoms with Crippen molar-refractivity contribution in [2.24, 2.45) is 17.8 Å². The molecule has 1 aromatic carbocycles. The van der Waals surface area contributed by atoms with Crippen molar-refractivity contribution in [3.63, 3.8) is 0 Å². The van der Waals surface area contributed by atoms with Crippen LogP contribution in [0.3, 0.4) is 0 Å². The Morgan fingerprint density at radius 3 is 2.57 bits per heavy atom. The van der Waals surface area contributed by atoms with Gasteiger partial charge in [0.1, 0.15) is 5.82 Å². The number of rotatable bonds is 4. The van der Waals surface area contributed by atoms with Gasteiger partial charge in [0.15, 0.2) is 0 Å². The van der Waals surface area contributed by atoms with Gasteiger partial charge in [-0.3, -0.25) is 9.59 Å². The molecule has 1 saturated carbocycles. The number of benzene rings is 1. The number of carbonyl (C=O) groups is 2. The molecule has 1 N–H and O–H groups in total. The minimum Gasteiger partial charge on any atom is -0.481 e. The summed E-state index contributed by atoms with van der Waals surface area (Å²) >= 11 is 0. The maximum atomic E-state index is 13.6. The number of hydrogen-bond acceptors (Lipinski definition) is 2. The first-order valence-electron chi connectivity index (χ1n) is 7.30. The lowest BCUT2D eigenvalue weighted by atomic mass is 9.92. The van der Waals surface area contributed by atoms with E-state index in [2.05, 4.69) is 0 Å². The molecule has 1 aliphatic carbocycles. The summed E-state index contributed by atoms with van der Waals surface area (Å²) in [7, 11) is 0. The topological polar surface area (TPSA) is 57.6 Å². The molecule has 0 spiro atoms. The first kappa shape index (κ1) is 14.0. The fraction of sp³-hybridized carbons (Fsp3) is 0.500. The molecule has 1 saturated heterocycles. The van der Waals surface area contributed by atoms with Crippen molar-refractivity contribution in [3.05, 3.63) is 35.6 Å². The second kappa shape index (κ2) is 5.47. The third-order valence-electron chi connectivity index (χ3n) is 4.56. The molecule has 2 fully saturated rings. The summed E-state index contributed by atoms with van der Waals surface area (Å²) in [5, 5.41) is 9.30. The van der Waals surface area contributed by atoms with E-state index >= 15 is 0 Å². The summed E-state index contributed by atoms with van der Waals surface area (Å²) in [6, 6.07) is 6.21. The van der Waals surface area contributed by atoms with Gasteiger partial charge in [-0.25, -0.2) is 4.39 Å². The average molecular weight is 291 g/mol. The van der Waals surface area contributed by atoms with Gasteiger partial charge in [-0.2, -0.15) is 0 Å². The van der Waals surface area contributed by atoms with Gasteiger partial charge in [0.05, 0.1) is 12.3 Å². The lowest BCUT2D eigenvalue weighted by Gasteiger charge is -2.16. The summed E-state index contributed by atoms with van der Waals surface area (Å²) in [5.41, 5.74) is 0.365. The number of carbonyl (C=O) groups excluding carboxylic acids is 1. The predicted octanol–water partition coefficient (Wildman–Crippen LogP) is 1.94. The fourth-order valence-electron chi connectivity index (χ4n) is 3.21. The molecule has 0 unspecified atom stereocenters. The predicted molar refractivity (Wildman–Crippen MR) is 74.0 cm³/mol. The van der Waals surface area contributed by atoms with E-state index in [-0.39, 0.29) is 24.8 Å². The molecular weight excluding hydrogens is 273 g/mol. The molecule has 2 atom stereocenters. The molecule has 1 aromatic rings. The zero-order chi connectivity index (χ0) is 15.0. The Morgan fingerprint density at radius 1 is 1.24 bits per heavy atom. The number of aliphatic carboxylic acids is 1. The second-order valence-electron chi connectivity index (χ2n) is 6.01. The van der Waals surface area contributed by atoms with Crippen molar-refractivity contribution >= 4 is 11.9 Å². The molecule has 0 aromatic heterocycles. The molecule has 112 valence electrons. The minimum atomic E-state index is -0.826. The first-order chi connectivity index (χ1) is 10.1. The van der Waals surface area contributed by atoms with E-state index < -0.39 is 17.7 Å². The van der Waals surface area contributed by atoms with Crippen molar-refractivity contribution < 1.29 is 19.1 Å². The van der Waals surface area contributed by atoms with Gasteiger partial charge in [0.2, 0.25) is 5.91 Å². The summed E-state index contributed by atoms with van der Waals surface area (Å²) in [5.74, 6) is -1.37. The van der Waals surface area contributed by atoms with Crippen LogP contribution in [0.5, 0.6) is 0 Å². The normalized spacial score (nSPS) is 25.1. The van der Waals surface area contributed by atoms with E-state index in [1.165, 1.54) is 6.07 Å². The zero-order valence-corrected chi connectivity index (χ0v) is 11.7. The molecular formula is C16H18FNO3. The highest BCUT2D eigenvalue weighted by Crippen LogP contribution is 2.44. The highest BCUT2D eigenvalue weighted by Gasteiger charge is 2.46. The number of nitrogens with zero attached hydrogens (tertiary/aromatic N) is 1. The Labute approximate surface area is 122 Å². The number of halogens is 1. The van der Waals surface area contributed by atoms with E-state index in [4.69, 9.17) is 0 Å². The van der Waals surface area contributed by atoms with Crippen LogP contribution in [0.25, 0.3) is 0 Å². The minimum absolute atomic E-state index is 0.00357. The van der Waals surface area contributed by atoms with Gasteiger partial charge >= 0.3 is 5.97 Å². The molecule has 2 aliphatic rings. The van der Waals surface area contributed by atoms with Crippen molar-refractivity contribution in [2.45, 2.75) is 19.3 Å². The molecule has 0 bridgehead atoms. The fourth-order valence-corrected chi connectivity index (χ4v) is 3.21. The van der Waals surface area contributed by atoms with Gasteiger partial charge in [-0.05, 0) is 36.3 Å². The van der Waals surface area contributed by atoms with Crippen LogP contribution in [-0.4, -0.2) is 35.0 Å². The van der Waals surface area contributed by atoms with E-state index in [1.54, 1.807) is 23.1 Å². The molecule has 5 heteroatoms. The van der Waals surface area contributed by atoms with E-state index in [1.807, 2.05) is 0 Å². The van der Waals surface area contributed by atoms with Crippen LogP contribution in [-0.2, 0) is 16.0 Å². The van der Waals surface area contributed by atoms with E-state index in [0.29, 0.717) is 18.0 Å². The Kier molecular flexibility index (Phi) is 3.66. The summed E-state index contributed by atoms with van der Waals surface area (Å²) < 4.78 is 13.6. The molecule has 4 nitrogen and oxygen atoms in total. The van der Waals surface area contributed by atoms with Crippen LogP contribution >= 0.6 is 0 Å². The van der Waals surface area contributed by atoms with Gasteiger partial charge in [-0.1, -0.05) is 18.2 Å². The highest BCUT2D eigenvalue weighted by atomic mass is 19.1. The molecule has 0 radical (unpaired) electrons. The Hall–Kier alpha value is -1.91. The van der Waals surface area contributed by atoms with Crippen molar-refractivity contribution in [2.75, 3.05) is 13.1 Å². The SMILES string of the molecule is O=C(O)[C@@H]1CN(C(=O)Cc2ccccc2F)C[C@H]1C1CC1. The maximum absolute atomic E-state index is 13.6. The van der Waals surface area contributed by atoms with Crippen LogP contribution < -0.4 is 0 Å². The quantitative estimate of drug-likeness (QED) is 0.922. The second-order valence-corrected chi connectivity index (χ2v) is 6.01. The van der Waals surface area contributed by atoms with Gasteiger partial charge in [0.25, 0.3) is 0 Å². The van der Waals surface area contributed by atoms with Crippen molar-refractivity contribution in [1.82, 2.24) is 4.90 Å². The van der Waals surface area contributed by atoms with Crippen LogP contribution in [0, 0.1) is 23.6 Å². The van der Waals surface area contributed by atoms with Crippen molar-refractivity contribution in [1.29, 1.82) is 0 Å². The average Bonchev–Trinajstić information content (AvgIpc) is 3.19. The van der Waals surface area contributed by atoms with Crippen LogP contribution in [0.15, 0.2) is 24.3 Å². The number of carboxylic acids is 1. The molecule has 21 heavy (non-hydrogen) atoms. The van der Waals surface area contributed by atoms with Gasteiger partial charge < -0.3 is 10.0 Å². The van der Waals surface area contributed by atoms with Gasteiger partial charge in [0, 0.05) is 13.1 Å². The van der Waals surface area contributed by atoms with Crippen LogP contribution in [0.4, 0.5) is 4.39 Å². The lowest BCUT2D eigenvalue weighted by molar-refractivity contribution is -0.142. The number of amides is 1. The van der Waals surface area contributed by atoms with Crippen LogP contribution in [0.2, 0.25) is 0 Å². The number of carboxylic acid groups (broad SMARTS) is 1. The summed E-state index contributed by atoms with van der Waals surface area (Å²) in [6.45, 7) is 0.749. The zero-order valence-electron chi connectivity index (χ0n) is 11.7. The highest BCUT2D eigenvalue weighted by molar-refractivity contribution is 5.81. The van der Waals surface area contributed by atoms with Gasteiger partial charge in [-0.15, -0.1) is 0 Å². The van der Waals surface area contributed by atoms with Crippen molar-refractivity contribution in [3.8, 4) is 0 Å². The van der Waals surface area contributed by atoms with Crippen LogP contribution in [0.1, 0.15) is 18.4 Å². The lowest BCUT2D eigenvalue weighted by Crippen LogP contribution is -2.31. The summed E-state index contributed by atoms with van der Waals surface area (Å²) in [6.07, 6.45) is 2.12. The molecule has 1 aliphatic heterocycles. The first-order valence-corrected chi connectivity index (χ1v) is 7.30. The Morgan fingerprint density at radius 2 is 1.95 bits per heavy atom. The largest absolute Gasteiger partial charge is 0.481 e. The van der Waals surface area contributed by atoms with E-state index in [0.717, 1.165) is 12.8 Å². The smallest absolute Gasteiger partial charge is 0.308 e. The monoisotopic (exact) mass is 291 g/mol. The third kappa shape index (κ3) is 2.91. The molecule has 3 rings (SSSR count). The molecule has 1 heterocycles. The summed E-state index contributed by atoms with van der Waals surface area (Å²) in [4.78, 5) is 25.2. The third-order valence-corrected chi connectivity index (χ3v) is 4.56. The maximum Gasteiger partial charge on any atom is 0.308 e. The number of hydrogen-bond donors (Lipinski definition) is 1. The Balaban J connectivity index is 1.68. The van der Waals surface area contributed by atoms with E-state index in [9.17, 15) is 19.1 Å².